The van der Waals surface area contributed by atoms with E-state index in [1.165, 1.54) is 0 Å². The molecule has 0 radical (unpaired) electrons. The Labute approximate surface area is 119 Å². The molecule has 0 saturated heterocycles. The Hall–Kier alpha value is -0.208. The van der Waals surface area contributed by atoms with Crippen LogP contribution in [0, 0.1) is 21.0 Å². The first-order valence-corrected chi connectivity index (χ1v) is 17.4. The molecular weight excluding hydrogens is 652 g/mol. The Morgan fingerprint density at radius 1 is 0.240 bits per heavy atom. The minimum absolute atomic E-state index is 9.88. The number of halogens is 18. The Bertz CT molecular complexity index is 395. The molecule has 0 rings (SSSR count). The third-order valence-corrected chi connectivity index (χ3v) is 39.7. The van der Waals surface area contributed by atoms with E-state index in [0.717, 1.165) is 0 Å². The molecule has 0 saturated carbocycles. The van der Waals surface area contributed by atoms with Gasteiger partial charge in [0.15, 0.2) is 0 Å². The van der Waals surface area contributed by atoms with Gasteiger partial charge in [0, 0.05) is 0 Å². The Balaban J connectivity index is 9.10. The molecule has 0 N–H and O–H groups in total. The van der Waals surface area contributed by atoms with Gasteiger partial charge in [-0.25, -0.2) is 0 Å². The molecule has 0 amide bonds. The van der Waals surface area contributed by atoms with Crippen LogP contribution in [0.5, 0.6) is 0 Å². The topological polar surface area (TPSA) is 0 Å². The molecule has 0 aromatic carbocycles. The summed E-state index contributed by atoms with van der Waals surface area (Å²) in [5.41, 5.74) is 0. The molecule has 0 spiro atoms. The van der Waals surface area contributed by atoms with Crippen LogP contribution in [-0.4, -0.2) is 19.3 Å². The molecule has 25 heavy (non-hydrogen) atoms. The summed E-state index contributed by atoms with van der Waals surface area (Å²) in [6.07, 6.45) is 0. The van der Waals surface area contributed by atoms with Crippen molar-refractivity contribution in [1.29, 1.82) is 0 Å². The SMILES string of the molecule is F[C](F)(F)[U]([C](F)(F)F)([C](F)(F)F)([C](F)(F)F)([C](F)(F)F)[C](F)(F)F. The van der Waals surface area contributed by atoms with Crippen molar-refractivity contribution in [2.24, 2.45) is 0 Å². The van der Waals surface area contributed by atoms with Crippen molar-refractivity contribution in [3.63, 3.8) is 0 Å². The van der Waals surface area contributed by atoms with Crippen LogP contribution in [0.1, 0.15) is 0 Å². The average molecular weight is 652 g/mol. The first-order chi connectivity index (χ1) is 10.2. The van der Waals surface area contributed by atoms with Crippen LogP contribution in [-0.2, 0) is 0 Å². The van der Waals surface area contributed by atoms with Crippen molar-refractivity contribution in [3.8, 4) is 0 Å². The molecule has 0 heterocycles. The molecule has 0 aromatic rings. The fraction of sp³-hybridized carbons (Fsp3) is 1.00. The van der Waals surface area contributed by atoms with Crippen molar-refractivity contribution < 1.29 is 100.0 Å². The zero-order valence-corrected chi connectivity index (χ0v) is 14.5. The summed E-state index contributed by atoms with van der Waals surface area (Å²) in [7, 11) is 0. The molecule has 0 bridgehead atoms. The molecular formula is C6F18U. The number of hydrogen-bond donors (Lipinski definition) is 0. The number of rotatable bonds is 0. The van der Waals surface area contributed by atoms with E-state index < -0.39 is 40.2 Å². The molecule has 0 atom stereocenters. The predicted octanol–water partition coefficient (Wildman–Crippen LogP) is 6.33. The molecule has 154 valence electrons. The van der Waals surface area contributed by atoms with Crippen molar-refractivity contribution in [2.75, 3.05) is 0 Å². The molecule has 0 aromatic heterocycles. The molecule has 0 aliphatic carbocycles. The molecule has 0 nitrogen and oxygen atoms in total. The van der Waals surface area contributed by atoms with Gasteiger partial charge < -0.3 is 0 Å². The maximum atomic E-state index is 12.7. The van der Waals surface area contributed by atoms with Crippen molar-refractivity contribution in [3.05, 3.63) is 0 Å². The van der Waals surface area contributed by atoms with Gasteiger partial charge in [-0.05, 0) is 0 Å². The van der Waals surface area contributed by atoms with Gasteiger partial charge in [0.2, 0.25) is 0 Å². The third kappa shape index (κ3) is 1.40. The first kappa shape index (κ1) is 24.8. The summed E-state index contributed by atoms with van der Waals surface area (Å²) in [5, 5.41) is 0. The monoisotopic (exact) mass is 652 g/mol. The Morgan fingerprint density at radius 2 is 0.320 bits per heavy atom. The van der Waals surface area contributed by atoms with Gasteiger partial charge in [-0.1, -0.05) is 0 Å². The normalized spacial score (nSPS) is 19.4. The van der Waals surface area contributed by atoms with Crippen LogP contribution in [0.2, 0.25) is 0 Å². The van der Waals surface area contributed by atoms with Gasteiger partial charge in [-0.15, -0.1) is 0 Å². The number of hydrogen-bond acceptors (Lipinski definition) is 0. The van der Waals surface area contributed by atoms with E-state index >= 15 is 0 Å². The second-order valence-electron chi connectivity index (χ2n) is 4.86. The van der Waals surface area contributed by atoms with E-state index in [4.69, 9.17) is 0 Å². The summed E-state index contributed by atoms with van der Waals surface area (Å²) in [4.78, 5) is 0. The van der Waals surface area contributed by atoms with Crippen LogP contribution in [0.4, 0.5) is 79.0 Å². The van der Waals surface area contributed by atoms with Crippen LogP contribution >= 0.6 is 0 Å². The van der Waals surface area contributed by atoms with Gasteiger partial charge in [-0.3, -0.25) is 0 Å². The Kier molecular flexibility index (Phi) is 4.75. The predicted molar refractivity (Wildman–Crippen MR) is 36.3 cm³/mol. The molecule has 19 heteroatoms. The van der Waals surface area contributed by atoms with Crippen LogP contribution in [0.3, 0.4) is 0 Å². The fourth-order valence-corrected chi connectivity index (χ4v) is 22.5. The third-order valence-electron chi connectivity index (χ3n) is 4.25. The van der Waals surface area contributed by atoms with Gasteiger partial charge >= 0.3 is 119 Å². The Morgan fingerprint density at radius 3 is 0.320 bits per heavy atom. The molecule has 0 aliphatic heterocycles. The van der Waals surface area contributed by atoms with Gasteiger partial charge in [0.25, 0.3) is 0 Å². The second-order valence-corrected chi connectivity index (χ2v) is 34.6. The quantitative estimate of drug-likeness (QED) is 0.269. The molecule has 0 fully saturated rings. The van der Waals surface area contributed by atoms with Crippen LogP contribution < -0.4 is 0 Å². The van der Waals surface area contributed by atoms with Gasteiger partial charge in [0.05, 0.1) is 0 Å². The zero-order chi connectivity index (χ0) is 21.4. The summed E-state index contributed by atoms with van der Waals surface area (Å²) in [6, 6.07) is 0. The van der Waals surface area contributed by atoms with E-state index in [1.54, 1.807) is 0 Å². The fourth-order valence-electron chi connectivity index (χ4n) is 2.41. The summed E-state index contributed by atoms with van der Waals surface area (Å²) < 4.78 is 169. The summed E-state index contributed by atoms with van der Waals surface area (Å²) >= 11 is -16.9. The molecule has 0 unspecified atom stereocenters. The number of alkyl halides is 18. The zero-order valence-electron chi connectivity index (χ0n) is 10.3. The van der Waals surface area contributed by atoms with Crippen molar-refractivity contribution >= 4 is 0 Å². The average Bonchev–Trinajstić information content (AvgIpc) is 2.00. The van der Waals surface area contributed by atoms with E-state index in [9.17, 15) is 79.0 Å². The standard InChI is InChI=1S/6CF3.U/c6*2-1(3)4;. The first-order valence-electron chi connectivity index (χ1n) is 4.90. The maximum absolute atomic E-state index is 16.9. The van der Waals surface area contributed by atoms with Gasteiger partial charge in [-0.2, -0.15) is 0 Å². The second kappa shape index (κ2) is 4.79. The van der Waals surface area contributed by atoms with Gasteiger partial charge in [0.1, 0.15) is 0 Å². The summed E-state index contributed by atoms with van der Waals surface area (Å²) in [5.74, 6) is 0. The minimum atomic E-state index is -16.9. The van der Waals surface area contributed by atoms with Crippen molar-refractivity contribution in [2.45, 2.75) is 19.3 Å². The van der Waals surface area contributed by atoms with E-state index in [0.29, 0.717) is 0 Å². The van der Waals surface area contributed by atoms with E-state index in [1.807, 2.05) is 0 Å². The van der Waals surface area contributed by atoms with Crippen LogP contribution in [0.25, 0.3) is 0 Å². The van der Waals surface area contributed by atoms with E-state index in [2.05, 4.69) is 0 Å². The molecule has 0 aliphatic rings. The summed E-state index contributed by atoms with van der Waals surface area (Å²) in [6.45, 7) is 0. The van der Waals surface area contributed by atoms with E-state index in [-0.39, 0.29) is 0 Å². The van der Waals surface area contributed by atoms with Crippen LogP contribution in [0.15, 0.2) is 0 Å². The van der Waals surface area contributed by atoms with Crippen molar-refractivity contribution in [1.82, 2.24) is 0 Å².